The highest BCUT2D eigenvalue weighted by atomic mass is 35.5. The van der Waals surface area contributed by atoms with Gasteiger partial charge in [0.2, 0.25) is 0 Å². The summed E-state index contributed by atoms with van der Waals surface area (Å²) in [5.74, 6) is 0.474. The van der Waals surface area contributed by atoms with Crippen molar-refractivity contribution in [3.05, 3.63) is 58.6 Å². The first-order valence-electron chi connectivity index (χ1n) is 8.92. The monoisotopic (exact) mass is 386 g/mol. The summed E-state index contributed by atoms with van der Waals surface area (Å²) in [6.45, 7) is 2.47. The van der Waals surface area contributed by atoms with Crippen LogP contribution in [0.1, 0.15) is 23.8 Å². The number of fused-ring (bicyclic) bond motifs is 1. The van der Waals surface area contributed by atoms with Crippen LogP contribution < -0.4 is 10.2 Å². The van der Waals surface area contributed by atoms with Crippen LogP contribution in [0.5, 0.6) is 0 Å². The number of para-hydroxylation sites is 1. The normalized spacial score (nSPS) is 20.2. The van der Waals surface area contributed by atoms with Gasteiger partial charge in [0.05, 0.1) is 29.2 Å². The number of thiazole rings is 1. The van der Waals surface area contributed by atoms with E-state index in [1.807, 2.05) is 18.2 Å². The van der Waals surface area contributed by atoms with Crippen LogP contribution in [0.15, 0.2) is 48.5 Å². The number of anilines is 1. The minimum Gasteiger partial charge on any atom is -0.327 e. The smallest absolute Gasteiger partial charge is 0.279 e. The van der Waals surface area contributed by atoms with Crippen LogP contribution in [0.2, 0.25) is 5.02 Å². The van der Waals surface area contributed by atoms with Crippen LogP contribution in [0, 0.1) is 0 Å². The summed E-state index contributed by atoms with van der Waals surface area (Å²) < 4.78 is 1.24. The number of benzene rings is 2. The van der Waals surface area contributed by atoms with Gasteiger partial charge < -0.3 is 10.2 Å². The Labute approximate surface area is 161 Å². The number of aromatic nitrogens is 1. The van der Waals surface area contributed by atoms with Gasteiger partial charge in [-0.1, -0.05) is 29.8 Å². The first-order valence-corrected chi connectivity index (χ1v) is 10.1. The molecule has 1 aliphatic heterocycles. The topological polar surface area (TPSA) is 46.4 Å². The van der Waals surface area contributed by atoms with Gasteiger partial charge in [0.15, 0.2) is 6.54 Å². The van der Waals surface area contributed by atoms with Crippen LogP contribution in [0.3, 0.4) is 0 Å². The fourth-order valence-electron chi connectivity index (χ4n) is 3.59. The van der Waals surface area contributed by atoms with Crippen molar-refractivity contribution >= 4 is 44.7 Å². The van der Waals surface area contributed by atoms with Crippen LogP contribution in [0.25, 0.3) is 10.2 Å². The maximum Gasteiger partial charge on any atom is 0.279 e. The fourth-order valence-corrected chi connectivity index (χ4v) is 4.88. The third kappa shape index (κ3) is 4.06. The molecule has 1 aromatic heterocycles. The van der Waals surface area contributed by atoms with E-state index >= 15 is 0 Å². The SMILES string of the molecule is O=C(C[NH+]1CCC[C@@H](c2nc3ccccc3s2)C1)Nc1cccc(Cl)c1. The van der Waals surface area contributed by atoms with Crippen LogP contribution in [0.4, 0.5) is 5.69 Å². The van der Waals surface area contributed by atoms with E-state index in [2.05, 4.69) is 23.5 Å². The van der Waals surface area contributed by atoms with Crippen molar-refractivity contribution in [2.75, 3.05) is 25.0 Å². The Bertz CT molecular complexity index is 893. The third-order valence-electron chi connectivity index (χ3n) is 4.80. The molecule has 3 aromatic rings. The second kappa shape index (κ2) is 7.74. The molecule has 2 aromatic carbocycles. The van der Waals surface area contributed by atoms with E-state index in [9.17, 15) is 4.79 Å². The molecule has 4 nitrogen and oxygen atoms in total. The van der Waals surface area contributed by atoms with Crippen molar-refractivity contribution in [3.8, 4) is 0 Å². The van der Waals surface area contributed by atoms with Crippen molar-refractivity contribution in [1.29, 1.82) is 0 Å². The predicted octanol–water partition coefficient (Wildman–Crippen LogP) is 3.35. The molecule has 0 aliphatic carbocycles. The highest BCUT2D eigenvalue weighted by Crippen LogP contribution is 2.30. The van der Waals surface area contributed by atoms with Crippen molar-refractivity contribution < 1.29 is 9.69 Å². The Balaban J connectivity index is 1.39. The molecule has 4 rings (SSSR count). The summed E-state index contributed by atoms with van der Waals surface area (Å²) in [7, 11) is 0. The molecule has 0 saturated carbocycles. The zero-order valence-corrected chi connectivity index (χ0v) is 15.9. The maximum atomic E-state index is 12.4. The minimum absolute atomic E-state index is 0.0345. The average molecular weight is 387 g/mol. The Hall–Kier alpha value is -1.95. The molecule has 0 radical (unpaired) electrons. The number of piperidine rings is 1. The van der Waals surface area contributed by atoms with Crippen molar-refractivity contribution in [3.63, 3.8) is 0 Å². The highest BCUT2D eigenvalue weighted by molar-refractivity contribution is 7.18. The number of hydrogen-bond donors (Lipinski definition) is 2. The van der Waals surface area contributed by atoms with E-state index in [0.717, 1.165) is 37.1 Å². The largest absolute Gasteiger partial charge is 0.327 e. The third-order valence-corrected chi connectivity index (χ3v) is 6.23. The number of hydrogen-bond acceptors (Lipinski definition) is 3. The lowest BCUT2D eigenvalue weighted by molar-refractivity contribution is -0.898. The number of carbonyl (C=O) groups excluding carboxylic acids is 1. The van der Waals surface area contributed by atoms with Gasteiger partial charge in [-0.2, -0.15) is 0 Å². The molecule has 1 amide bonds. The Morgan fingerprint density at radius 2 is 2.15 bits per heavy atom. The maximum absolute atomic E-state index is 12.4. The molecule has 1 fully saturated rings. The zero-order chi connectivity index (χ0) is 17.9. The van der Waals surface area contributed by atoms with Gasteiger partial charge in [0.25, 0.3) is 5.91 Å². The number of halogens is 1. The average Bonchev–Trinajstić information content (AvgIpc) is 3.06. The molecule has 26 heavy (non-hydrogen) atoms. The van der Waals surface area contributed by atoms with Crippen molar-refractivity contribution in [2.24, 2.45) is 0 Å². The van der Waals surface area contributed by atoms with Crippen LogP contribution in [-0.4, -0.2) is 30.5 Å². The number of quaternary nitrogens is 1. The van der Waals surface area contributed by atoms with E-state index in [4.69, 9.17) is 16.6 Å². The van der Waals surface area contributed by atoms with Crippen molar-refractivity contribution in [2.45, 2.75) is 18.8 Å². The fraction of sp³-hybridized carbons (Fsp3) is 0.300. The molecule has 2 heterocycles. The van der Waals surface area contributed by atoms with Gasteiger partial charge >= 0.3 is 0 Å². The molecule has 6 heteroatoms. The number of likely N-dealkylation sites (tertiary alicyclic amines) is 1. The number of nitrogens with one attached hydrogen (secondary N) is 2. The van der Waals surface area contributed by atoms with Gasteiger partial charge in [-0.3, -0.25) is 4.79 Å². The summed E-state index contributed by atoms with van der Waals surface area (Å²) in [5, 5.41) is 4.78. The summed E-state index contributed by atoms with van der Waals surface area (Å²) in [4.78, 5) is 18.5. The summed E-state index contributed by atoms with van der Waals surface area (Å²) in [6, 6.07) is 15.6. The first kappa shape index (κ1) is 17.5. The van der Waals surface area contributed by atoms with Gasteiger partial charge in [0, 0.05) is 10.7 Å². The number of carbonyl (C=O) groups is 1. The highest BCUT2D eigenvalue weighted by Gasteiger charge is 2.28. The molecular weight excluding hydrogens is 366 g/mol. The van der Waals surface area contributed by atoms with E-state index in [1.54, 1.807) is 23.5 Å². The van der Waals surface area contributed by atoms with E-state index < -0.39 is 0 Å². The second-order valence-electron chi connectivity index (χ2n) is 6.80. The quantitative estimate of drug-likeness (QED) is 0.722. The lowest BCUT2D eigenvalue weighted by Crippen LogP contribution is -3.14. The summed E-state index contributed by atoms with van der Waals surface area (Å²) in [6.07, 6.45) is 2.28. The number of amides is 1. The number of rotatable bonds is 4. The lowest BCUT2D eigenvalue weighted by atomic mass is 9.99. The lowest BCUT2D eigenvalue weighted by Gasteiger charge is -2.28. The second-order valence-corrected chi connectivity index (χ2v) is 8.30. The molecule has 0 bridgehead atoms. The molecular formula is C20H21ClN3OS+. The molecule has 1 saturated heterocycles. The Kier molecular flexibility index (Phi) is 5.20. The predicted molar refractivity (Wildman–Crippen MR) is 107 cm³/mol. The molecule has 134 valence electrons. The standard InChI is InChI=1S/C20H20ClN3OS/c21-15-6-3-7-16(11-15)22-19(25)13-24-10-4-5-14(12-24)20-23-17-8-1-2-9-18(17)26-20/h1-3,6-9,11,14H,4-5,10,12-13H2,(H,22,25)/p+1/t14-/m1/s1. The van der Waals surface area contributed by atoms with Gasteiger partial charge in [-0.15, -0.1) is 11.3 Å². The molecule has 2 atom stereocenters. The van der Waals surface area contributed by atoms with Crippen molar-refractivity contribution in [1.82, 2.24) is 4.98 Å². The van der Waals surface area contributed by atoms with Crippen LogP contribution in [-0.2, 0) is 4.79 Å². The van der Waals surface area contributed by atoms with E-state index in [0.29, 0.717) is 17.5 Å². The van der Waals surface area contributed by atoms with Crippen LogP contribution >= 0.6 is 22.9 Å². The number of nitrogens with zero attached hydrogens (tertiary/aromatic N) is 1. The van der Waals surface area contributed by atoms with Gasteiger partial charge in [-0.05, 0) is 43.2 Å². The molecule has 2 N–H and O–H groups in total. The van der Waals surface area contributed by atoms with Gasteiger partial charge in [0.1, 0.15) is 5.01 Å². The van der Waals surface area contributed by atoms with Gasteiger partial charge in [-0.25, -0.2) is 4.98 Å². The minimum atomic E-state index is 0.0345. The molecule has 1 aliphatic rings. The van der Waals surface area contributed by atoms with E-state index in [-0.39, 0.29) is 5.91 Å². The summed E-state index contributed by atoms with van der Waals surface area (Å²) >= 11 is 7.77. The Morgan fingerprint density at radius 3 is 3.00 bits per heavy atom. The van der Waals surface area contributed by atoms with E-state index in [1.165, 1.54) is 14.6 Å². The molecule has 1 unspecified atom stereocenters. The summed E-state index contributed by atoms with van der Waals surface area (Å²) in [5.41, 5.74) is 1.83. The Morgan fingerprint density at radius 1 is 1.27 bits per heavy atom. The zero-order valence-electron chi connectivity index (χ0n) is 14.4. The first-order chi connectivity index (χ1) is 12.7. The molecule has 0 spiro atoms.